The summed E-state index contributed by atoms with van der Waals surface area (Å²) in [7, 11) is 0. The summed E-state index contributed by atoms with van der Waals surface area (Å²) in [6.07, 6.45) is 0. The molecule has 0 fully saturated rings. The highest BCUT2D eigenvalue weighted by Crippen LogP contribution is 2.24. The Kier molecular flexibility index (Phi) is 6.11. The van der Waals surface area contributed by atoms with Crippen LogP contribution in [0.25, 0.3) is 11.1 Å². The van der Waals surface area contributed by atoms with Crippen LogP contribution >= 0.6 is 27.7 Å². The Balaban J connectivity index is 1.57. The van der Waals surface area contributed by atoms with Crippen molar-refractivity contribution in [1.29, 1.82) is 5.26 Å². The van der Waals surface area contributed by atoms with Gasteiger partial charge in [0, 0.05) is 9.37 Å². The molecule has 0 aliphatic rings. The van der Waals surface area contributed by atoms with E-state index in [4.69, 9.17) is 10.00 Å². The highest BCUT2D eigenvalue weighted by atomic mass is 79.9. The van der Waals surface area contributed by atoms with Crippen LogP contribution < -0.4 is 4.74 Å². The molecule has 3 rings (SSSR count). The lowest BCUT2D eigenvalue weighted by Crippen LogP contribution is -2.10. The van der Waals surface area contributed by atoms with Crippen LogP contribution in [0.1, 0.15) is 5.56 Å². The quantitative estimate of drug-likeness (QED) is 0.300. The fourth-order valence-electron chi connectivity index (χ4n) is 2.29. The Morgan fingerprint density at radius 3 is 2.08 bits per heavy atom. The van der Waals surface area contributed by atoms with Gasteiger partial charge in [0.15, 0.2) is 0 Å². The summed E-state index contributed by atoms with van der Waals surface area (Å²) in [5, 5.41) is 8.85. The third kappa shape index (κ3) is 4.98. The summed E-state index contributed by atoms with van der Waals surface area (Å²) in [6.45, 7) is 0. The van der Waals surface area contributed by atoms with Crippen molar-refractivity contribution in [2.24, 2.45) is 0 Å². The molecule has 0 N–H and O–H groups in total. The van der Waals surface area contributed by atoms with Gasteiger partial charge in [-0.15, -0.1) is 11.8 Å². The van der Waals surface area contributed by atoms with E-state index in [0.717, 1.165) is 20.5 Å². The standard InChI is InChI=1S/C21H14BrNO2S/c22-18-7-11-20(12-8-18)26-14-21(24)25-19-9-5-17(6-10-19)16-3-1-15(13-23)2-4-16/h1-12H,14H2. The van der Waals surface area contributed by atoms with Crippen molar-refractivity contribution in [3.05, 3.63) is 82.8 Å². The first kappa shape index (κ1) is 18.2. The minimum Gasteiger partial charge on any atom is -0.426 e. The molecule has 0 bridgehead atoms. The normalized spacial score (nSPS) is 10.2. The van der Waals surface area contributed by atoms with Crippen LogP contribution in [-0.4, -0.2) is 11.7 Å². The number of hydrogen-bond donors (Lipinski definition) is 0. The molecule has 0 aliphatic carbocycles. The Morgan fingerprint density at radius 1 is 0.923 bits per heavy atom. The fraction of sp³-hybridized carbons (Fsp3) is 0.0476. The minimum atomic E-state index is -0.288. The second-order valence-corrected chi connectivity index (χ2v) is 7.39. The maximum absolute atomic E-state index is 12.0. The molecule has 0 aromatic heterocycles. The van der Waals surface area contributed by atoms with Gasteiger partial charge in [0.2, 0.25) is 0 Å². The number of carbonyl (C=O) groups excluding carboxylic acids is 1. The monoisotopic (exact) mass is 423 g/mol. The number of rotatable bonds is 5. The molecule has 0 atom stereocenters. The van der Waals surface area contributed by atoms with E-state index in [-0.39, 0.29) is 11.7 Å². The summed E-state index contributed by atoms with van der Waals surface area (Å²) < 4.78 is 6.38. The van der Waals surface area contributed by atoms with Gasteiger partial charge < -0.3 is 4.74 Å². The maximum Gasteiger partial charge on any atom is 0.321 e. The third-order valence-electron chi connectivity index (χ3n) is 3.60. The van der Waals surface area contributed by atoms with Crippen LogP contribution in [0.2, 0.25) is 0 Å². The second kappa shape index (κ2) is 8.70. The number of ether oxygens (including phenoxy) is 1. The summed E-state index contributed by atoms with van der Waals surface area (Å²) in [5.74, 6) is 0.478. The smallest absolute Gasteiger partial charge is 0.321 e. The molecule has 0 heterocycles. The molecule has 26 heavy (non-hydrogen) atoms. The molecule has 0 spiro atoms. The van der Waals surface area contributed by atoms with Crippen molar-refractivity contribution < 1.29 is 9.53 Å². The molecular formula is C21H14BrNO2S. The van der Waals surface area contributed by atoms with Gasteiger partial charge in [0.1, 0.15) is 5.75 Å². The first-order valence-electron chi connectivity index (χ1n) is 7.84. The van der Waals surface area contributed by atoms with Crippen LogP contribution in [-0.2, 0) is 4.79 Å². The molecule has 0 aliphatic heterocycles. The highest BCUT2D eigenvalue weighted by molar-refractivity contribution is 9.10. The molecular weight excluding hydrogens is 410 g/mol. The number of halogens is 1. The van der Waals surface area contributed by atoms with Crippen molar-refractivity contribution >= 4 is 33.7 Å². The molecule has 0 unspecified atom stereocenters. The van der Waals surface area contributed by atoms with Crippen LogP contribution in [0.5, 0.6) is 5.75 Å². The molecule has 3 aromatic carbocycles. The van der Waals surface area contributed by atoms with Gasteiger partial charge in [0.25, 0.3) is 0 Å². The summed E-state index contributed by atoms with van der Waals surface area (Å²) in [6, 6.07) is 24.6. The minimum absolute atomic E-state index is 0.249. The van der Waals surface area contributed by atoms with Gasteiger partial charge in [-0.05, 0) is 59.7 Å². The number of esters is 1. The SMILES string of the molecule is N#Cc1ccc(-c2ccc(OC(=O)CSc3ccc(Br)cc3)cc2)cc1. The number of thioether (sulfide) groups is 1. The summed E-state index contributed by atoms with van der Waals surface area (Å²) in [4.78, 5) is 13.0. The van der Waals surface area contributed by atoms with E-state index in [9.17, 15) is 4.79 Å². The van der Waals surface area contributed by atoms with Crippen LogP contribution in [0, 0.1) is 11.3 Å². The molecule has 0 saturated carbocycles. The van der Waals surface area contributed by atoms with E-state index in [1.807, 2.05) is 48.5 Å². The highest BCUT2D eigenvalue weighted by Gasteiger charge is 2.07. The maximum atomic E-state index is 12.0. The van der Waals surface area contributed by atoms with Gasteiger partial charge in [-0.25, -0.2) is 0 Å². The van der Waals surface area contributed by atoms with Gasteiger partial charge in [-0.2, -0.15) is 5.26 Å². The summed E-state index contributed by atoms with van der Waals surface area (Å²) in [5.41, 5.74) is 2.63. The predicted octanol–water partition coefficient (Wildman–Crippen LogP) is 5.69. The van der Waals surface area contributed by atoms with Gasteiger partial charge in [0.05, 0.1) is 17.4 Å². The molecule has 3 nitrogen and oxygen atoms in total. The van der Waals surface area contributed by atoms with Crippen molar-refractivity contribution in [1.82, 2.24) is 0 Å². The summed E-state index contributed by atoms with van der Waals surface area (Å²) >= 11 is 4.82. The van der Waals surface area contributed by atoms with E-state index >= 15 is 0 Å². The lowest BCUT2D eigenvalue weighted by atomic mass is 10.0. The predicted molar refractivity (Wildman–Crippen MR) is 107 cm³/mol. The molecule has 0 radical (unpaired) electrons. The zero-order valence-corrected chi connectivity index (χ0v) is 16.1. The van der Waals surface area contributed by atoms with E-state index in [1.54, 1.807) is 24.3 Å². The second-order valence-electron chi connectivity index (χ2n) is 5.43. The lowest BCUT2D eigenvalue weighted by Gasteiger charge is -2.06. The van der Waals surface area contributed by atoms with Gasteiger partial charge in [-0.3, -0.25) is 4.79 Å². The average Bonchev–Trinajstić information content (AvgIpc) is 2.68. The lowest BCUT2D eigenvalue weighted by molar-refractivity contribution is -0.131. The molecule has 0 amide bonds. The Bertz CT molecular complexity index is 930. The van der Waals surface area contributed by atoms with E-state index in [2.05, 4.69) is 22.0 Å². The van der Waals surface area contributed by atoms with Crippen molar-refractivity contribution in [2.75, 3.05) is 5.75 Å². The molecule has 3 aromatic rings. The number of nitrogens with zero attached hydrogens (tertiary/aromatic N) is 1. The Hall–Kier alpha value is -2.55. The van der Waals surface area contributed by atoms with Crippen molar-refractivity contribution in [3.8, 4) is 22.9 Å². The van der Waals surface area contributed by atoms with Crippen LogP contribution in [0.3, 0.4) is 0 Å². The number of nitriles is 1. The molecule has 0 saturated heterocycles. The van der Waals surface area contributed by atoms with E-state index in [1.165, 1.54) is 11.8 Å². The van der Waals surface area contributed by atoms with Crippen LogP contribution in [0.15, 0.2) is 82.2 Å². The number of hydrogen-bond acceptors (Lipinski definition) is 4. The molecule has 128 valence electrons. The van der Waals surface area contributed by atoms with E-state index < -0.39 is 0 Å². The number of carbonyl (C=O) groups is 1. The van der Waals surface area contributed by atoms with Crippen molar-refractivity contribution in [3.63, 3.8) is 0 Å². The van der Waals surface area contributed by atoms with E-state index in [0.29, 0.717) is 11.3 Å². The topological polar surface area (TPSA) is 50.1 Å². The zero-order valence-electron chi connectivity index (χ0n) is 13.7. The largest absolute Gasteiger partial charge is 0.426 e. The Morgan fingerprint density at radius 2 is 1.50 bits per heavy atom. The number of benzene rings is 3. The molecule has 5 heteroatoms. The Labute approximate surface area is 164 Å². The van der Waals surface area contributed by atoms with Gasteiger partial charge in [-0.1, -0.05) is 40.2 Å². The first-order valence-corrected chi connectivity index (χ1v) is 9.61. The zero-order chi connectivity index (χ0) is 18.4. The first-order chi connectivity index (χ1) is 12.6. The average molecular weight is 424 g/mol. The van der Waals surface area contributed by atoms with Crippen LogP contribution in [0.4, 0.5) is 0 Å². The fourth-order valence-corrected chi connectivity index (χ4v) is 3.22. The third-order valence-corrected chi connectivity index (χ3v) is 5.12. The van der Waals surface area contributed by atoms with Crippen molar-refractivity contribution in [2.45, 2.75) is 4.90 Å². The van der Waals surface area contributed by atoms with Gasteiger partial charge >= 0.3 is 5.97 Å².